The molecule has 1 aliphatic rings. The first kappa shape index (κ1) is 20.3. The largest absolute Gasteiger partial charge is 0.339 e. The second kappa shape index (κ2) is 8.39. The first-order valence-electron chi connectivity index (χ1n) is 9.13. The number of aromatic nitrogens is 2. The van der Waals surface area contributed by atoms with Gasteiger partial charge in [0, 0.05) is 26.2 Å². The van der Waals surface area contributed by atoms with E-state index in [4.69, 9.17) is 0 Å². The summed E-state index contributed by atoms with van der Waals surface area (Å²) in [6.07, 6.45) is 0. The van der Waals surface area contributed by atoms with E-state index in [0.717, 1.165) is 20.1 Å². The molecule has 1 fully saturated rings. The monoisotopic (exact) mass is 448 g/mol. The second-order valence-electron chi connectivity index (χ2n) is 6.67. The molecular formula is C19H20N4O3S3. The molecule has 29 heavy (non-hydrogen) atoms. The molecule has 1 saturated heterocycles. The van der Waals surface area contributed by atoms with E-state index < -0.39 is 10.0 Å². The van der Waals surface area contributed by atoms with E-state index in [-0.39, 0.29) is 16.6 Å². The zero-order chi connectivity index (χ0) is 20.4. The van der Waals surface area contributed by atoms with E-state index in [1.54, 1.807) is 17.0 Å². The molecule has 0 atom stereocenters. The molecule has 0 bridgehead atoms. The summed E-state index contributed by atoms with van der Waals surface area (Å²) in [5.74, 6) is 0.275. The molecule has 0 spiro atoms. The SMILES string of the molecule is Cc1nnc(SCC(=O)N2CCN(S(=O)(=O)c3ccc4ccccc4c3)CC2)s1. The molecule has 0 radical (unpaired) electrons. The molecular weight excluding hydrogens is 428 g/mol. The van der Waals surface area contributed by atoms with Crippen LogP contribution >= 0.6 is 23.1 Å². The number of benzene rings is 2. The van der Waals surface area contributed by atoms with Gasteiger partial charge < -0.3 is 4.90 Å². The normalized spacial score (nSPS) is 15.7. The van der Waals surface area contributed by atoms with E-state index >= 15 is 0 Å². The number of carbonyl (C=O) groups is 1. The molecule has 7 nitrogen and oxygen atoms in total. The van der Waals surface area contributed by atoms with Crippen molar-refractivity contribution in [3.05, 3.63) is 47.5 Å². The average Bonchev–Trinajstić information content (AvgIpc) is 3.17. The van der Waals surface area contributed by atoms with Crippen molar-refractivity contribution in [3.8, 4) is 0 Å². The summed E-state index contributed by atoms with van der Waals surface area (Å²) in [5.41, 5.74) is 0. The van der Waals surface area contributed by atoms with Crippen LogP contribution < -0.4 is 0 Å². The molecule has 10 heteroatoms. The van der Waals surface area contributed by atoms with E-state index in [1.165, 1.54) is 27.4 Å². The lowest BCUT2D eigenvalue weighted by molar-refractivity contribution is -0.129. The molecule has 1 aliphatic heterocycles. The first-order chi connectivity index (χ1) is 13.9. The summed E-state index contributed by atoms with van der Waals surface area (Å²) >= 11 is 2.83. The number of fused-ring (bicyclic) bond motifs is 1. The van der Waals surface area contributed by atoms with Gasteiger partial charge in [0.15, 0.2) is 4.34 Å². The Bertz CT molecular complexity index is 1140. The Morgan fingerprint density at radius 2 is 1.79 bits per heavy atom. The van der Waals surface area contributed by atoms with E-state index in [9.17, 15) is 13.2 Å². The van der Waals surface area contributed by atoms with Crippen LogP contribution in [0.25, 0.3) is 10.8 Å². The van der Waals surface area contributed by atoms with Gasteiger partial charge in [0.1, 0.15) is 5.01 Å². The molecule has 1 aromatic heterocycles. The van der Waals surface area contributed by atoms with E-state index in [0.29, 0.717) is 26.2 Å². The van der Waals surface area contributed by atoms with Crippen LogP contribution in [-0.2, 0) is 14.8 Å². The molecule has 0 N–H and O–H groups in total. The molecule has 0 aliphatic carbocycles. The molecule has 0 saturated carbocycles. The van der Waals surface area contributed by atoms with Crippen LogP contribution in [0.1, 0.15) is 5.01 Å². The number of nitrogens with zero attached hydrogens (tertiary/aromatic N) is 4. The fourth-order valence-corrected chi connectivity index (χ4v) is 6.38. The highest BCUT2D eigenvalue weighted by molar-refractivity contribution is 8.01. The van der Waals surface area contributed by atoms with E-state index in [2.05, 4.69) is 10.2 Å². The van der Waals surface area contributed by atoms with Crippen molar-refractivity contribution >= 4 is 49.8 Å². The minimum Gasteiger partial charge on any atom is -0.339 e. The first-order valence-corrected chi connectivity index (χ1v) is 12.4. The van der Waals surface area contributed by atoms with Gasteiger partial charge in [-0.2, -0.15) is 4.31 Å². The van der Waals surface area contributed by atoms with Crippen molar-refractivity contribution < 1.29 is 13.2 Å². The third kappa shape index (κ3) is 4.45. The summed E-state index contributed by atoms with van der Waals surface area (Å²) in [7, 11) is -3.58. The maximum atomic E-state index is 13.0. The lowest BCUT2D eigenvalue weighted by atomic mass is 10.1. The topological polar surface area (TPSA) is 83.5 Å². The average molecular weight is 449 g/mol. The summed E-state index contributed by atoms with van der Waals surface area (Å²) in [6.45, 7) is 3.24. The van der Waals surface area contributed by atoms with Crippen LogP contribution in [0.2, 0.25) is 0 Å². The van der Waals surface area contributed by atoms with Crippen LogP contribution in [0.5, 0.6) is 0 Å². The minimum absolute atomic E-state index is 0.00870. The number of sulfonamides is 1. The number of hydrogen-bond acceptors (Lipinski definition) is 7. The van der Waals surface area contributed by atoms with Gasteiger partial charge in [0.2, 0.25) is 15.9 Å². The Hall–Kier alpha value is -2.01. The number of rotatable bonds is 5. The van der Waals surface area contributed by atoms with Gasteiger partial charge in [-0.25, -0.2) is 8.42 Å². The highest BCUT2D eigenvalue weighted by Crippen LogP contribution is 2.24. The van der Waals surface area contributed by atoms with Crippen LogP contribution in [0.15, 0.2) is 51.7 Å². The summed E-state index contributed by atoms with van der Waals surface area (Å²) < 4.78 is 28.3. The van der Waals surface area contributed by atoms with Crippen LogP contribution in [0, 0.1) is 6.92 Å². The zero-order valence-electron chi connectivity index (χ0n) is 15.8. The molecule has 0 unspecified atom stereocenters. The van der Waals surface area contributed by atoms with Gasteiger partial charge in [-0.1, -0.05) is 53.4 Å². The molecule has 4 rings (SSSR count). The highest BCUT2D eigenvalue weighted by Gasteiger charge is 2.30. The Morgan fingerprint density at radius 3 is 2.48 bits per heavy atom. The maximum Gasteiger partial charge on any atom is 0.243 e. The Kier molecular flexibility index (Phi) is 5.86. The third-order valence-electron chi connectivity index (χ3n) is 4.78. The maximum absolute atomic E-state index is 13.0. The van der Waals surface area contributed by atoms with Gasteiger partial charge in [-0.3, -0.25) is 4.79 Å². The van der Waals surface area contributed by atoms with Crippen molar-refractivity contribution in [2.45, 2.75) is 16.2 Å². The quantitative estimate of drug-likeness (QED) is 0.558. The van der Waals surface area contributed by atoms with Crippen molar-refractivity contribution in [1.29, 1.82) is 0 Å². The summed E-state index contributed by atoms with van der Waals surface area (Å²) in [4.78, 5) is 14.5. The Balaban J connectivity index is 1.38. The smallest absolute Gasteiger partial charge is 0.243 e. The number of aryl methyl sites for hydroxylation is 1. The van der Waals surface area contributed by atoms with E-state index in [1.807, 2.05) is 37.3 Å². The van der Waals surface area contributed by atoms with Crippen molar-refractivity contribution in [3.63, 3.8) is 0 Å². The Morgan fingerprint density at radius 1 is 1.07 bits per heavy atom. The van der Waals surface area contributed by atoms with Crippen molar-refractivity contribution in [2.75, 3.05) is 31.9 Å². The van der Waals surface area contributed by atoms with Crippen LogP contribution in [-0.4, -0.2) is 65.7 Å². The number of piperazine rings is 1. The number of thioether (sulfide) groups is 1. The van der Waals surface area contributed by atoms with Gasteiger partial charge in [-0.15, -0.1) is 10.2 Å². The standard InChI is InChI=1S/C19H20N4O3S3/c1-14-20-21-19(28-14)27-13-18(24)22-8-10-23(11-9-22)29(25,26)17-7-6-15-4-2-3-5-16(15)12-17/h2-7,12H,8-11,13H2,1H3. The lowest BCUT2D eigenvalue weighted by Gasteiger charge is -2.34. The predicted molar refractivity (Wildman–Crippen MR) is 115 cm³/mol. The molecule has 3 aromatic rings. The molecule has 152 valence electrons. The fourth-order valence-electron chi connectivity index (χ4n) is 3.21. The lowest BCUT2D eigenvalue weighted by Crippen LogP contribution is -2.50. The van der Waals surface area contributed by atoms with Crippen LogP contribution in [0.4, 0.5) is 0 Å². The predicted octanol–water partition coefficient (Wildman–Crippen LogP) is 2.62. The highest BCUT2D eigenvalue weighted by atomic mass is 32.2. The minimum atomic E-state index is -3.58. The zero-order valence-corrected chi connectivity index (χ0v) is 18.3. The number of amides is 1. The van der Waals surface area contributed by atoms with Gasteiger partial charge >= 0.3 is 0 Å². The molecule has 1 amide bonds. The molecule has 2 heterocycles. The fraction of sp³-hybridized carbons (Fsp3) is 0.316. The van der Waals surface area contributed by atoms with Crippen LogP contribution in [0.3, 0.4) is 0 Å². The number of hydrogen-bond donors (Lipinski definition) is 0. The summed E-state index contributed by atoms with van der Waals surface area (Å²) in [6, 6.07) is 12.9. The van der Waals surface area contributed by atoms with Crippen molar-refractivity contribution in [1.82, 2.24) is 19.4 Å². The summed E-state index contributed by atoms with van der Waals surface area (Å²) in [5, 5.41) is 10.7. The number of carbonyl (C=O) groups excluding carboxylic acids is 1. The third-order valence-corrected chi connectivity index (χ3v) is 8.63. The second-order valence-corrected chi connectivity index (χ2v) is 11.0. The van der Waals surface area contributed by atoms with Gasteiger partial charge in [0.05, 0.1) is 10.6 Å². The van der Waals surface area contributed by atoms with Gasteiger partial charge in [-0.05, 0) is 29.8 Å². The van der Waals surface area contributed by atoms with Crippen molar-refractivity contribution in [2.24, 2.45) is 0 Å². The molecule has 2 aromatic carbocycles. The van der Waals surface area contributed by atoms with Gasteiger partial charge in [0.25, 0.3) is 0 Å². The Labute approximate surface area is 177 Å².